The molecular weight excluding hydrogens is 388 g/mol. The molecule has 136 valence electrons. The van der Waals surface area contributed by atoms with Crippen molar-refractivity contribution < 1.29 is 9.53 Å². The molecule has 0 saturated heterocycles. The smallest absolute Gasteiger partial charge is 0.316 e. The molecule has 0 aliphatic heterocycles. The first-order valence-corrected chi connectivity index (χ1v) is 10.7. The van der Waals surface area contributed by atoms with Gasteiger partial charge >= 0.3 is 5.97 Å². The van der Waals surface area contributed by atoms with Crippen molar-refractivity contribution in [1.29, 1.82) is 0 Å². The summed E-state index contributed by atoms with van der Waals surface area (Å²) >= 11 is 8.95. The van der Waals surface area contributed by atoms with Gasteiger partial charge in [0.25, 0.3) is 0 Å². The van der Waals surface area contributed by atoms with E-state index >= 15 is 0 Å². The topological polar surface area (TPSA) is 52.1 Å². The summed E-state index contributed by atoms with van der Waals surface area (Å²) in [6, 6.07) is 7.69. The molecule has 0 fully saturated rings. The molecule has 0 radical (unpaired) electrons. The maximum absolute atomic E-state index is 11.9. The molecule has 0 amide bonds. The van der Waals surface area contributed by atoms with E-state index in [1.165, 1.54) is 11.8 Å². The molecule has 2 aromatic heterocycles. The van der Waals surface area contributed by atoms with Gasteiger partial charge in [0.1, 0.15) is 16.2 Å². The summed E-state index contributed by atoms with van der Waals surface area (Å²) in [6.07, 6.45) is 4.64. The minimum absolute atomic E-state index is 0.207. The highest BCUT2D eigenvalue weighted by molar-refractivity contribution is 8.00. The molecular formula is C19H19ClN2O2S2. The number of carbonyl (C=O) groups is 1. The zero-order valence-electron chi connectivity index (χ0n) is 14.4. The van der Waals surface area contributed by atoms with E-state index in [1.54, 1.807) is 17.7 Å². The van der Waals surface area contributed by atoms with Gasteiger partial charge < -0.3 is 4.74 Å². The Balaban J connectivity index is 1.75. The van der Waals surface area contributed by atoms with Gasteiger partial charge in [0, 0.05) is 16.0 Å². The van der Waals surface area contributed by atoms with E-state index in [9.17, 15) is 4.79 Å². The van der Waals surface area contributed by atoms with Gasteiger partial charge in [-0.15, -0.1) is 11.3 Å². The quantitative estimate of drug-likeness (QED) is 0.203. The molecule has 3 aromatic rings. The Kier molecular flexibility index (Phi) is 6.88. The second-order valence-electron chi connectivity index (χ2n) is 5.73. The number of thiophene rings is 1. The minimum atomic E-state index is -0.207. The number of halogens is 1. The van der Waals surface area contributed by atoms with Crippen LogP contribution in [0.15, 0.2) is 41.0 Å². The maximum Gasteiger partial charge on any atom is 0.316 e. The van der Waals surface area contributed by atoms with Crippen LogP contribution in [0, 0.1) is 0 Å². The number of aromatic nitrogens is 2. The zero-order chi connectivity index (χ0) is 18.4. The molecule has 0 saturated carbocycles. The van der Waals surface area contributed by atoms with Crippen molar-refractivity contribution in [2.24, 2.45) is 0 Å². The standard InChI is InChI=1S/C19H19ClN2O2S2/c1-2-3-4-9-24-16(23)11-26-19-17-15(10-25-18(17)21-12-22-19)13-5-7-14(20)8-6-13/h5-8,10,12H,2-4,9,11H2,1H3. The predicted octanol–water partition coefficient (Wildman–Crippen LogP) is 5.84. The van der Waals surface area contributed by atoms with Crippen LogP contribution in [0.5, 0.6) is 0 Å². The van der Waals surface area contributed by atoms with Crippen LogP contribution in [-0.4, -0.2) is 28.3 Å². The molecule has 0 aliphatic rings. The van der Waals surface area contributed by atoms with Crippen LogP contribution >= 0.6 is 34.7 Å². The summed E-state index contributed by atoms with van der Waals surface area (Å²) in [6.45, 7) is 2.61. The average Bonchev–Trinajstić information content (AvgIpc) is 3.09. The second-order valence-corrected chi connectivity index (χ2v) is 7.99. The molecule has 0 N–H and O–H groups in total. The Morgan fingerprint density at radius 3 is 2.81 bits per heavy atom. The number of fused-ring (bicyclic) bond motifs is 1. The summed E-state index contributed by atoms with van der Waals surface area (Å²) in [5, 5.41) is 4.54. The molecule has 1 aromatic carbocycles. The molecule has 0 bridgehead atoms. The SMILES string of the molecule is CCCCCOC(=O)CSc1ncnc2scc(-c3ccc(Cl)cc3)c12. The van der Waals surface area contributed by atoms with Crippen LogP contribution in [-0.2, 0) is 9.53 Å². The van der Waals surface area contributed by atoms with Gasteiger partial charge in [-0.05, 0) is 24.1 Å². The monoisotopic (exact) mass is 406 g/mol. The Labute approximate surface area is 166 Å². The third-order valence-corrected chi connectivity index (χ3v) is 5.93. The molecule has 0 aliphatic carbocycles. The van der Waals surface area contributed by atoms with E-state index < -0.39 is 0 Å². The number of ether oxygens (including phenoxy) is 1. The van der Waals surface area contributed by atoms with Crippen molar-refractivity contribution >= 4 is 50.9 Å². The number of carbonyl (C=O) groups excluding carboxylic acids is 1. The van der Waals surface area contributed by atoms with Crippen molar-refractivity contribution in [1.82, 2.24) is 9.97 Å². The Bertz CT molecular complexity index is 881. The van der Waals surface area contributed by atoms with Crippen molar-refractivity contribution in [2.75, 3.05) is 12.4 Å². The predicted molar refractivity (Wildman–Crippen MR) is 109 cm³/mol. The highest BCUT2D eigenvalue weighted by Gasteiger charge is 2.15. The van der Waals surface area contributed by atoms with Crippen molar-refractivity contribution in [2.45, 2.75) is 31.2 Å². The van der Waals surface area contributed by atoms with E-state index in [0.717, 1.165) is 45.6 Å². The zero-order valence-corrected chi connectivity index (χ0v) is 16.8. The largest absolute Gasteiger partial charge is 0.465 e. The molecule has 3 rings (SSSR count). The number of benzene rings is 1. The number of thioether (sulfide) groups is 1. The number of hydrogen-bond donors (Lipinski definition) is 0. The van der Waals surface area contributed by atoms with Crippen LogP contribution in [0.25, 0.3) is 21.3 Å². The molecule has 2 heterocycles. The van der Waals surface area contributed by atoms with Crippen LogP contribution in [0.4, 0.5) is 0 Å². The lowest BCUT2D eigenvalue weighted by molar-refractivity contribution is -0.140. The number of unbranched alkanes of at least 4 members (excludes halogenated alkanes) is 2. The molecule has 0 atom stereocenters. The summed E-state index contributed by atoms with van der Waals surface area (Å²) in [5.41, 5.74) is 2.11. The molecule has 26 heavy (non-hydrogen) atoms. The second kappa shape index (κ2) is 9.35. The lowest BCUT2D eigenvalue weighted by Crippen LogP contribution is -2.08. The fraction of sp³-hybridized carbons (Fsp3) is 0.316. The van der Waals surface area contributed by atoms with Crippen LogP contribution in [0.2, 0.25) is 5.02 Å². The van der Waals surface area contributed by atoms with E-state index in [1.807, 2.05) is 24.3 Å². The fourth-order valence-corrected chi connectivity index (χ4v) is 4.42. The number of rotatable bonds is 8. The van der Waals surface area contributed by atoms with E-state index in [4.69, 9.17) is 16.3 Å². The first-order chi connectivity index (χ1) is 12.7. The average molecular weight is 407 g/mol. The minimum Gasteiger partial charge on any atom is -0.465 e. The van der Waals surface area contributed by atoms with Crippen molar-refractivity contribution in [3.63, 3.8) is 0 Å². The lowest BCUT2D eigenvalue weighted by atomic mass is 10.1. The first-order valence-electron chi connectivity index (χ1n) is 8.45. The molecule has 7 heteroatoms. The van der Waals surface area contributed by atoms with Gasteiger partial charge in [0.2, 0.25) is 0 Å². The number of esters is 1. The first kappa shape index (κ1) is 19.1. The molecule has 0 spiro atoms. The van der Waals surface area contributed by atoms with E-state index in [2.05, 4.69) is 22.3 Å². The number of hydrogen-bond acceptors (Lipinski definition) is 6. The summed E-state index contributed by atoms with van der Waals surface area (Å²) in [7, 11) is 0. The van der Waals surface area contributed by atoms with Crippen LogP contribution < -0.4 is 0 Å². The highest BCUT2D eigenvalue weighted by atomic mass is 35.5. The van der Waals surface area contributed by atoms with Crippen molar-refractivity contribution in [3.05, 3.63) is 41.0 Å². The highest BCUT2D eigenvalue weighted by Crippen LogP contribution is 2.38. The number of nitrogens with zero attached hydrogens (tertiary/aromatic N) is 2. The van der Waals surface area contributed by atoms with Gasteiger partial charge in [0.05, 0.1) is 17.7 Å². The summed E-state index contributed by atoms with van der Waals surface area (Å²) in [4.78, 5) is 21.6. The lowest BCUT2D eigenvalue weighted by Gasteiger charge is -2.06. The molecule has 4 nitrogen and oxygen atoms in total. The van der Waals surface area contributed by atoms with Crippen LogP contribution in [0.3, 0.4) is 0 Å². The van der Waals surface area contributed by atoms with Gasteiger partial charge in [-0.2, -0.15) is 0 Å². The summed E-state index contributed by atoms with van der Waals surface area (Å²) < 4.78 is 5.27. The Morgan fingerprint density at radius 1 is 1.23 bits per heavy atom. The Hall–Kier alpha value is -1.63. The third-order valence-electron chi connectivity index (χ3n) is 3.83. The third kappa shape index (κ3) is 4.75. The molecule has 0 unspecified atom stereocenters. The van der Waals surface area contributed by atoms with E-state index in [-0.39, 0.29) is 11.7 Å². The van der Waals surface area contributed by atoms with Gasteiger partial charge in [-0.1, -0.05) is 55.3 Å². The van der Waals surface area contributed by atoms with Gasteiger partial charge in [-0.3, -0.25) is 4.79 Å². The van der Waals surface area contributed by atoms with Crippen LogP contribution in [0.1, 0.15) is 26.2 Å². The normalized spacial score (nSPS) is 11.0. The van der Waals surface area contributed by atoms with Crippen molar-refractivity contribution in [3.8, 4) is 11.1 Å². The van der Waals surface area contributed by atoms with Gasteiger partial charge in [0.15, 0.2) is 0 Å². The summed E-state index contributed by atoms with van der Waals surface area (Å²) in [5.74, 6) is 0.0369. The maximum atomic E-state index is 11.9. The fourth-order valence-electron chi connectivity index (χ4n) is 2.51. The van der Waals surface area contributed by atoms with E-state index in [0.29, 0.717) is 11.6 Å². The Morgan fingerprint density at radius 2 is 2.04 bits per heavy atom. The van der Waals surface area contributed by atoms with Gasteiger partial charge in [-0.25, -0.2) is 9.97 Å².